The van der Waals surface area contributed by atoms with E-state index in [4.69, 9.17) is 16.3 Å². The predicted molar refractivity (Wildman–Crippen MR) is 113 cm³/mol. The number of hydrogen-bond donors (Lipinski definition) is 1. The minimum absolute atomic E-state index is 0.169. The lowest BCUT2D eigenvalue weighted by molar-refractivity contribution is -0.144. The number of carbonyl (C=O) groups excluding carboxylic acids is 2. The van der Waals surface area contributed by atoms with E-state index < -0.39 is 18.5 Å². The number of halogens is 1. The summed E-state index contributed by atoms with van der Waals surface area (Å²) in [6.45, 7) is 5.49. The van der Waals surface area contributed by atoms with E-state index in [2.05, 4.69) is 19.2 Å². The van der Waals surface area contributed by atoms with Gasteiger partial charge in [-0.1, -0.05) is 61.8 Å². The smallest absolute Gasteiger partial charge is 0.349 e. The number of nitriles is 1. The molecule has 0 heterocycles. The van der Waals surface area contributed by atoms with Crippen LogP contribution in [0, 0.1) is 11.3 Å². The number of amides is 1. The van der Waals surface area contributed by atoms with Crippen LogP contribution in [0.3, 0.4) is 0 Å². The van der Waals surface area contributed by atoms with E-state index in [0.717, 1.165) is 11.1 Å². The largest absolute Gasteiger partial charge is 0.451 e. The van der Waals surface area contributed by atoms with E-state index in [9.17, 15) is 14.9 Å². The van der Waals surface area contributed by atoms with Gasteiger partial charge in [0.05, 0.1) is 6.04 Å². The van der Waals surface area contributed by atoms with Crippen LogP contribution >= 0.6 is 11.6 Å². The van der Waals surface area contributed by atoms with Gasteiger partial charge < -0.3 is 10.1 Å². The molecule has 0 radical (unpaired) electrons. The van der Waals surface area contributed by atoms with Gasteiger partial charge in [-0.2, -0.15) is 5.26 Å². The molecule has 0 aliphatic carbocycles. The first-order valence-corrected chi connectivity index (χ1v) is 9.61. The SMILES string of the molecule is CC(C)c1ccc(/C=C(\C#N)C(=O)OCC(=O)N[C@@H](C)c2cccc(Cl)c2)cc1. The highest BCUT2D eigenvalue weighted by molar-refractivity contribution is 6.30. The number of hydrogen-bond acceptors (Lipinski definition) is 4. The summed E-state index contributed by atoms with van der Waals surface area (Å²) in [4.78, 5) is 24.2. The second-order valence-electron chi connectivity index (χ2n) is 6.91. The Morgan fingerprint density at radius 1 is 1.14 bits per heavy atom. The van der Waals surface area contributed by atoms with E-state index in [-0.39, 0.29) is 11.6 Å². The summed E-state index contributed by atoms with van der Waals surface area (Å²) in [6, 6.07) is 16.2. The van der Waals surface area contributed by atoms with E-state index in [1.54, 1.807) is 25.1 Å². The fraction of sp³-hybridized carbons (Fsp3) is 0.261. The van der Waals surface area contributed by atoms with Crippen LogP contribution < -0.4 is 5.32 Å². The molecular formula is C23H23ClN2O3. The normalized spacial score (nSPS) is 12.2. The lowest BCUT2D eigenvalue weighted by Gasteiger charge is -2.14. The van der Waals surface area contributed by atoms with Crippen LogP contribution in [-0.2, 0) is 14.3 Å². The number of benzene rings is 2. The van der Waals surface area contributed by atoms with Crippen molar-refractivity contribution in [3.63, 3.8) is 0 Å². The van der Waals surface area contributed by atoms with Crippen molar-refractivity contribution in [3.05, 3.63) is 75.8 Å². The third kappa shape index (κ3) is 6.78. The quantitative estimate of drug-likeness (QED) is 0.404. The first-order chi connectivity index (χ1) is 13.8. The Morgan fingerprint density at radius 2 is 1.83 bits per heavy atom. The molecule has 5 nitrogen and oxygen atoms in total. The lowest BCUT2D eigenvalue weighted by atomic mass is 10.0. The molecule has 0 aromatic heterocycles. The van der Waals surface area contributed by atoms with Gasteiger partial charge in [0.1, 0.15) is 11.6 Å². The summed E-state index contributed by atoms with van der Waals surface area (Å²) in [6.07, 6.45) is 1.44. The number of ether oxygens (including phenoxy) is 1. The van der Waals surface area contributed by atoms with Gasteiger partial charge >= 0.3 is 5.97 Å². The van der Waals surface area contributed by atoms with Gasteiger partial charge in [0.2, 0.25) is 0 Å². The highest BCUT2D eigenvalue weighted by Crippen LogP contribution is 2.18. The average molecular weight is 411 g/mol. The third-order valence-corrected chi connectivity index (χ3v) is 4.55. The minimum atomic E-state index is -0.842. The zero-order chi connectivity index (χ0) is 21.4. The molecule has 0 bridgehead atoms. The zero-order valence-electron chi connectivity index (χ0n) is 16.6. The Morgan fingerprint density at radius 3 is 2.41 bits per heavy atom. The summed E-state index contributed by atoms with van der Waals surface area (Å²) in [5, 5.41) is 12.5. The first kappa shape index (κ1) is 22.2. The molecule has 6 heteroatoms. The molecule has 1 N–H and O–H groups in total. The van der Waals surface area contributed by atoms with Gasteiger partial charge in [0, 0.05) is 5.02 Å². The van der Waals surface area contributed by atoms with Crippen LogP contribution in [0.5, 0.6) is 0 Å². The topological polar surface area (TPSA) is 79.2 Å². The third-order valence-electron chi connectivity index (χ3n) is 4.32. The van der Waals surface area contributed by atoms with Gasteiger partial charge in [-0.15, -0.1) is 0 Å². The number of carbonyl (C=O) groups is 2. The maximum absolute atomic E-state index is 12.1. The Hall–Kier alpha value is -3.10. The number of esters is 1. The molecule has 0 spiro atoms. The highest BCUT2D eigenvalue weighted by Gasteiger charge is 2.15. The Bertz CT molecular complexity index is 943. The fourth-order valence-corrected chi connectivity index (χ4v) is 2.83. The molecule has 0 saturated heterocycles. The highest BCUT2D eigenvalue weighted by atomic mass is 35.5. The van der Waals surface area contributed by atoms with Crippen molar-refractivity contribution in [2.45, 2.75) is 32.7 Å². The molecule has 0 aliphatic heterocycles. The number of rotatable bonds is 7. The van der Waals surface area contributed by atoms with E-state index in [1.807, 2.05) is 36.4 Å². The van der Waals surface area contributed by atoms with E-state index in [1.165, 1.54) is 6.08 Å². The van der Waals surface area contributed by atoms with Crippen molar-refractivity contribution in [2.75, 3.05) is 6.61 Å². The number of nitrogens with zero attached hydrogens (tertiary/aromatic N) is 1. The Labute approximate surface area is 175 Å². The van der Waals surface area contributed by atoms with Crippen LogP contribution in [0.2, 0.25) is 5.02 Å². The van der Waals surface area contributed by atoms with E-state index >= 15 is 0 Å². The predicted octanol–water partition coefficient (Wildman–Crippen LogP) is 4.79. The van der Waals surface area contributed by atoms with Crippen molar-refractivity contribution in [1.29, 1.82) is 5.26 Å². The average Bonchev–Trinajstić information content (AvgIpc) is 2.70. The zero-order valence-corrected chi connectivity index (χ0v) is 17.4. The maximum atomic E-state index is 12.1. The van der Waals surface area contributed by atoms with E-state index in [0.29, 0.717) is 16.5 Å². The molecule has 0 unspecified atom stereocenters. The molecule has 150 valence electrons. The number of nitrogens with one attached hydrogen (secondary N) is 1. The lowest BCUT2D eigenvalue weighted by Crippen LogP contribution is -2.31. The molecule has 0 fully saturated rings. The van der Waals surface area contributed by atoms with Crippen LogP contribution in [0.1, 0.15) is 49.4 Å². The molecule has 0 aliphatic rings. The maximum Gasteiger partial charge on any atom is 0.349 e. The van der Waals surface area contributed by atoms with Crippen molar-refractivity contribution in [1.82, 2.24) is 5.32 Å². The van der Waals surface area contributed by atoms with Gasteiger partial charge in [-0.05, 0) is 47.7 Å². The minimum Gasteiger partial charge on any atom is -0.451 e. The van der Waals surface area contributed by atoms with Gasteiger partial charge in [0.15, 0.2) is 6.61 Å². The van der Waals surface area contributed by atoms with Crippen LogP contribution in [0.15, 0.2) is 54.1 Å². The van der Waals surface area contributed by atoms with Gasteiger partial charge in [-0.25, -0.2) is 4.79 Å². The van der Waals surface area contributed by atoms with Crippen molar-refractivity contribution < 1.29 is 14.3 Å². The summed E-state index contributed by atoms with van der Waals surface area (Å²) in [5.74, 6) is -0.920. The molecular weight excluding hydrogens is 388 g/mol. The monoisotopic (exact) mass is 410 g/mol. The molecule has 0 saturated carbocycles. The molecule has 2 aromatic rings. The van der Waals surface area contributed by atoms with Crippen LogP contribution in [0.4, 0.5) is 0 Å². The Balaban J connectivity index is 1.93. The van der Waals surface area contributed by atoms with Gasteiger partial charge in [0.25, 0.3) is 5.91 Å². The van der Waals surface area contributed by atoms with Crippen LogP contribution in [-0.4, -0.2) is 18.5 Å². The fourth-order valence-electron chi connectivity index (χ4n) is 2.63. The Kier molecular flexibility index (Phi) is 7.99. The summed E-state index contributed by atoms with van der Waals surface area (Å²) in [5.41, 5.74) is 2.54. The summed E-state index contributed by atoms with van der Waals surface area (Å²) < 4.78 is 4.98. The summed E-state index contributed by atoms with van der Waals surface area (Å²) >= 11 is 5.95. The van der Waals surface area contributed by atoms with Crippen molar-refractivity contribution in [2.24, 2.45) is 0 Å². The standard InChI is InChI=1S/C23H23ClN2O3/c1-15(2)18-9-7-17(8-10-18)11-20(13-25)23(28)29-14-22(27)26-16(3)19-5-4-6-21(24)12-19/h4-12,15-16H,14H2,1-3H3,(H,26,27)/b20-11+/t16-/m0/s1. The molecule has 1 atom stereocenters. The molecule has 2 aromatic carbocycles. The molecule has 2 rings (SSSR count). The van der Waals surface area contributed by atoms with Gasteiger partial charge in [-0.3, -0.25) is 4.79 Å². The second-order valence-corrected chi connectivity index (χ2v) is 7.35. The van der Waals surface area contributed by atoms with Crippen molar-refractivity contribution >= 4 is 29.6 Å². The van der Waals surface area contributed by atoms with Crippen molar-refractivity contribution in [3.8, 4) is 6.07 Å². The summed E-state index contributed by atoms with van der Waals surface area (Å²) in [7, 11) is 0. The van der Waals surface area contributed by atoms with Crippen LogP contribution in [0.25, 0.3) is 6.08 Å². The molecule has 29 heavy (non-hydrogen) atoms. The first-order valence-electron chi connectivity index (χ1n) is 9.24. The molecule has 1 amide bonds. The second kappa shape index (κ2) is 10.4.